The van der Waals surface area contributed by atoms with Crippen LogP contribution in [-0.2, 0) is 11.3 Å². The minimum Gasteiger partial charge on any atom is -0.338 e. The molecule has 4 aromatic rings. The summed E-state index contributed by atoms with van der Waals surface area (Å²) in [4.78, 5) is 21.2. The van der Waals surface area contributed by atoms with Gasteiger partial charge in [0.2, 0.25) is 5.91 Å². The van der Waals surface area contributed by atoms with E-state index in [1.807, 2.05) is 54.8 Å². The largest absolute Gasteiger partial charge is 0.338 e. The van der Waals surface area contributed by atoms with Gasteiger partial charge in [0.05, 0.1) is 28.6 Å². The molecule has 10 heteroatoms. The highest BCUT2D eigenvalue weighted by Gasteiger charge is 2.22. The molecule has 0 spiro atoms. The first-order chi connectivity index (χ1) is 15.8. The number of para-hydroxylation sites is 1. The van der Waals surface area contributed by atoms with Crippen LogP contribution in [0.1, 0.15) is 23.8 Å². The van der Waals surface area contributed by atoms with E-state index in [0.717, 1.165) is 26.7 Å². The summed E-state index contributed by atoms with van der Waals surface area (Å²) in [6.07, 6.45) is 0. The molecule has 0 aliphatic rings. The number of amides is 1. The number of hydrogen-bond acceptors (Lipinski definition) is 7. The predicted molar refractivity (Wildman–Crippen MR) is 130 cm³/mol. The zero-order chi connectivity index (χ0) is 23.5. The van der Waals surface area contributed by atoms with Gasteiger partial charge in [-0.05, 0) is 57.4 Å². The van der Waals surface area contributed by atoms with E-state index in [1.54, 1.807) is 35.4 Å². The van der Waals surface area contributed by atoms with E-state index >= 15 is 0 Å². The third kappa shape index (κ3) is 5.23. The molecule has 0 aliphatic heterocycles. The van der Waals surface area contributed by atoms with Crippen molar-refractivity contribution < 1.29 is 9.18 Å². The second-order valence-corrected chi connectivity index (χ2v) is 9.96. The summed E-state index contributed by atoms with van der Waals surface area (Å²) in [5, 5.41) is 10.2. The molecule has 2 heterocycles. The van der Waals surface area contributed by atoms with Crippen LogP contribution in [0.4, 0.5) is 4.39 Å². The van der Waals surface area contributed by atoms with E-state index in [-0.39, 0.29) is 23.5 Å². The molecule has 0 saturated heterocycles. The molecule has 7 nitrogen and oxygen atoms in total. The standard InChI is InChI=1S/C23H25FN6OS2/c1-15(28(2)3)22-26-27-23(30(22)17-11-9-16(24)10-12-17)32-14-21(31)29(4)13-20-25-18-7-5-6-8-19(18)33-20/h5-12,15H,13-14H2,1-4H3. The van der Waals surface area contributed by atoms with Crippen molar-refractivity contribution in [2.45, 2.75) is 24.7 Å². The van der Waals surface area contributed by atoms with Crippen LogP contribution in [0, 0.1) is 5.82 Å². The lowest BCUT2D eigenvalue weighted by Crippen LogP contribution is -2.27. The van der Waals surface area contributed by atoms with E-state index in [1.165, 1.54) is 23.9 Å². The summed E-state index contributed by atoms with van der Waals surface area (Å²) >= 11 is 2.91. The molecule has 0 aliphatic carbocycles. The topological polar surface area (TPSA) is 67.2 Å². The number of carbonyl (C=O) groups is 1. The number of nitrogens with zero attached hydrogens (tertiary/aromatic N) is 6. The van der Waals surface area contributed by atoms with Gasteiger partial charge in [0.25, 0.3) is 0 Å². The van der Waals surface area contributed by atoms with Gasteiger partial charge in [-0.1, -0.05) is 23.9 Å². The van der Waals surface area contributed by atoms with Crippen LogP contribution in [0.25, 0.3) is 15.9 Å². The summed E-state index contributed by atoms with van der Waals surface area (Å²) in [5.74, 6) is 0.589. The number of fused-ring (bicyclic) bond motifs is 1. The molecular formula is C23H25FN6OS2. The second kappa shape index (κ2) is 9.98. The molecule has 0 N–H and O–H groups in total. The molecule has 4 rings (SSSR count). The van der Waals surface area contributed by atoms with Gasteiger partial charge in [-0.2, -0.15) is 0 Å². The maximum absolute atomic E-state index is 13.5. The van der Waals surface area contributed by atoms with Crippen molar-refractivity contribution in [1.82, 2.24) is 29.5 Å². The van der Waals surface area contributed by atoms with Crippen molar-refractivity contribution >= 4 is 39.2 Å². The summed E-state index contributed by atoms with van der Waals surface area (Å²) in [6.45, 7) is 2.47. The molecule has 1 atom stereocenters. The molecule has 0 radical (unpaired) electrons. The monoisotopic (exact) mass is 484 g/mol. The van der Waals surface area contributed by atoms with Crippen molar-refractivity contribution in [2.24, 2.45) is 0 Å². The summed E-state index contributed by atoms with van der Waals surface area (Å²) in [6, 6.07) is 14.1. The SMILES string of the molecule is CC(c1nnc(SCC(=O)N(C)Cc2nc3ccccc3s2)n1-c1ccc(F)cc1)N(C)C. The molecule has 1 amide bonds. The van der Waals surface area contributed by atoms with Crippen LogP contribution >= 0.6 is 23.1 Å². The van der Waals surface area contributed by atoms with E-state index in [2.05, 4.69) is 15.2 Å². The number of rotatable bonds is 8. The predicted octanol–water partition coefficient (Wildman–Crippen LogP) is 4.39. The first kappa shape index (κ1) is 23.3. The van der Waals surface area contributed by atoms with Crippen LogP contribution in [-0.4, -0.2) is 62.4 Å². The fourth-order valence-electron chi connectivity index (χ4n) is 3.22. The Bertz CT molecular complexity index is 1220. The number of aromatic nitrogens is 4. The Labute approximate surface area is 200 Å². The maximum Gasteiger partial charge on any atom is 0.233 e. The molecular weight excluding hydrogens is 459 g/mol. The number of carbonyl (C=O) groups excluding carboxylic acids is 1. The first-order valence-electron chi connectivity index (χ1n) is 10.4. The zero-order valence-corrected chi connectivity index (χ0v) is 20.5. The highest BCUT2D eigenvalue weighted by atomic mass is 32.2. The Morgan fingerprint density at radius 2 is 1.85 bits per heavy atom. The lowest BCUT2D eigenvalue weighted by molar-refractivity contribution is -0.127. The van der Waals surface area contributed by atoms with E-state index < -0.39 is 0 Å². The fourth-order valence-corrected chi connectivity index (χ4v) is 5.14. The van der Waals surface area contributed by atoms with E-state index in [4.69, 9.17) is 0 Å². The zero-order valence-electron chi connectivity index (χ0n) is 18.9. The lowest BCUT2D eigenvalue weighted by atomic mass is 10.2. The lowest BCUT2D eigenvalue weighted by Gasteiger charge is -2.20. The Hall–Kier alpha value is -2.82. The molecule has 0 bridgehead atoms. The van der Waals surface area contributed by atoms with Crippen LogP contribution < -0.4 is 0 Å². The third-order valence-electron chi connectivity index (χ3n) is 5.35. The van der Waals surface area contributed by atoms with Crippen molar-refractivity contribution in [3.05, 3.63) is 65.2 Å². The van der Waals surface area contributed by atoms with Crippen molar-refractivity contribution in [2.75, 3.05) is 26.9 Å². The van der Waals surface area contributed by atoms with Crippen LogP contribution in [0.15, 0.2) is 53.7 Å². The van der Waals surface area contributed by atoms with Gasteiger partial charge in [0.1, 0.15) is 10.8 Å². The van der Waals surface area contributed by atoms with Gasteiger partial charge in [-0.15, -0.1) is 21.5 Å². The summed E-state index contributed by atoms with van der Waals surface area (Å²) in [7, 11) is 5.70. The first-order valence-corrected chi connectivity index (χ1v) is 12.2. The highest BCUT2D eigenvalue weighted by Crippen LogP contribution is 2.27. The summed E-state index contributed by atoms with van der Waals surface area (Å²) in [5.41, 5.74) is 1.70. The second-order valence-electron chi connectivity index (χ2n) is 7.91. The van der Waals surface area contributed by atoms with Gasteiger partial charge in [-0.25, -0.2) is 9.37 Å². The van der Waals surface area contributed by atoms with Gasteiger partial charge in [0, 0.05) is 12.7 Å². The molecule has 2 aromatic carbocycles. The summed E-state index contributed by atoms with van der Waals surface area (Å²) < 4.78 is 16.5. The molecule has 1 unspecified atom stereocenters. The third-order valence-corrected chi connectivity index (χ3v) is 7.29. The normalized spacial score (nSPS) is 12.4. The molecule has 33 heavy (non-hydrogen) atoms. The van der Waals surface area contributed by atoms with Crippen molar-refractivity contribution in [3.8, 4) is 5.69 Å². The van der Waals surface area contributed by atoms with Gasteiger partial charge in [-0.3, -0.25) is 14.3 Å². The van der Waals surface area contributed by atoms with Gasteiger partial charge in [0.15, 0.2) is 11.0 Å². The van der Waals surface area contributed by atoms with Crippen molar-refractivity contribution in [3.63, 3.8) is 0 Å². The van der Waals surface area contributed by atoms with Gasteiger partial charge < -0.3 is 4.90 Å². The number of thioether (sulfide) groups is 1. The molecule has 0 fully saturated rings. The molecule has 2 aromatic heterocycles. The van der Waals surface area contributed by atoms with Crippen molar-refractivity contribution in [1.29, 1.82) is 0 Å². The van der Waals surface area contributed by atoms with Gasteiger partial charge >= 0.3 is 0 Å². The average molecular weight is 485 g/mol. The quantitative estimate of drug-likeness (QED) is 0.346. The minimum absolute atomic E-state index is 0.0192. The Morgan fingerprint density at radius 3 is 2.55 bits per heavy atom. The smallest absolute Gasteiger partial charge is 0.233 e. The average Bonchev–Trinajstić information content (AvgIpc) is 3.40. The molecule has 0 saturated carbocycles. The van der Waals surface area contributed by atoms with E-state index in [0.29, 0.717) is 11.7 Å². The fraction of sp³-hybridized carbons (Fsp3) is 0.304. The van der Waals surface area contributed by atoms with E-state index in [9.17, 15) is 9.18 Å². The maximum atomic E-state index is 13.5. The van der Waals surface area contributed by atoms with Crippen LogP contribution in [0.5, 0.6) is 0 Å². The number of halogens is 1. The Balaban J connectivity index is 1.49. The minimum atomic E-state index is -0.310. The number of benzene rings is 2. The highest BCUT2D eigenvalue weighted by molar-refractivity contribution is 7.99. The van der Waals surface area contributed by atoms with Crippen LogP contribution in [0.2, 0.25) is 0 Å². The van der Waals surface area contributed by atoms with Crippen LogP contribution in [0.3, 0.4) is 0 Å². The molecule has 172 valence electrons. The number of thiazole rings is 1. The Kier molecular flexibility index (Phi) is 7.06. The number of hydrogen-bond donors (Lipinski definition) is 0. The Morgan fingerprint density at radius 1 is 1.12 bits per heavy atom.